The van der Waals surface area contributed by atoms with Crippen molar-refractivity contribution in [3.8, 4) is 11.3 Å². The lowest BCUT2D eigenvalue weighted by molar-refractivity contribution is -0.0231. The molecule has 0 radical (unpaired) electrons. The van der Waals surface area contributed by atoms with E-state index in [-0.39, 0.29) is 6.10 Å². The summed E-state index contributed by atoms with van der Waals surface area (Å²) in [5.74, 6) is 0.516. The summed E-state index contributed by atoms with van der Waals surface area (Å²) < 4.78 is 5.65. The van der Waals surface area contributed by atoms with Crippen LogP contribution in [-0.2, 0) is 4.74 Å². The van der Waals surface area contributed by atoms with Crippen molar-refractivity contribution >= 4 is 11.9 Å². The number of hydrogen-bond donors (Lipinski definition) is 3. The van der Waals surface area contributed by atoms with Crippen LogP contribution in [0.2, 0.25) is 0 Å². The van der Waals surface area contributed by atoms with Gasteiger partial charge in [0.25, 0.3) is 0 Å². The van der Waals surface area contributed by atoms with Crippen molar-refractivity contribution in [3.05, 3.63) is 35.9 Å². The molecule has 2 heterocycles. The molecule has 7 heteroatoms. The number of rotatable bonds is 2. The van der Waals surface area contributed by atoms with E-state index in [0.717, 1.165) is 16.8 Å². The van der Waals surface area contributed by atoms with Crippen molar-refractivity contribution in [2.24, 2.45) is 0 Å². The molecule has 0 aliphatic carbocycles. The number of aromatic amines is 1. The number of H-pyrrole nitrogens is 1. The number of carboxylic acid groups (broad SMARTS) is 1. The third-order valence-electron chi connectivity index (χ3n) is 3.51. The molecule has 7 nitrogen and oxygen atoms in total. The molecule has 1 amide bonds. The number of benzene rings is 1. The lowest BCUT2D eigenvalue weighted by Crippen LogP contribution is -2.41. The number of aromatic nitrogens is 2. The number of ether oxygens (including phenoxy) is 1. The molecule has 1 saturated heterocycles. The number of amides is 1. The summed E-state index contributed by atoms with van der Waals surface area (Å²) >= 11 is 0. The topological polar surface area (TPSA) is 104 Å². The highest BCUT2D eigenvalue weighted by atomic mass is 16.5. The van der Waals surface area contributed by atoms with Gasteiger partial charge in [0.1, 0.15) is 11.9 Å². The number of morpholine rings is 1. The van der Waals surface area contributed by atoms with E-state index in [9.17, 15) is 4.79 Å². The Bertz CT molecular complexity index is 638. The van der Waals surface area contributed by atoms with Gasteiger partial charge in [-0.1, -0.05) is 24.3 Å². The van der Waals surface area contributed by atoms with Gasteiger partial charge in [-0.2, -0.15) is 5.10 Å². The Kier molecular flexibility index (Phi) is 3.49. The van der Waals surface area contributed by atoms with Gasteiger partial charge in [0.2, 0.25) is 0 Å². The lowest BCUT2D eigenvalue weighted by Gasteiger charge is -2.31. The van der Waals surface area contributed by atoms with E-state index in [1.165, 1.54) is 4.90 Å². The Morgan fingerprint density at radius 1 is 1.43 bits per heavy atom. The zero-order chi connectivity index (χ0) is 14.8. The normalized spacial score (nSPS) is 18.7. The number of carbonyl (C=O) groups is 1. The Hall–Kier alpha value is -2.54. The van der Waals surface area contributed by atoms with Crippen molar-refractivity contribution in [1.82, 2.24) is 15.1 Å². The second-order valence-electron chi connectivity index (χ2n) is 4.92. The Balaban J connectivity index is 1.76. The van der Waals surface area contributed by atoms with E-state index in [4.69, 9.17) is 15.6 Å². The van der Waals surface area contributed by atoms with E-state index >= 15 is 0 Å². The molecule has 1 aromatic carbocycles. The van der Waals surface area contributed by atoms with Crippen LogP contribution in [0.3, 0.4) is 0 Å². The minimum Gasteiger partial charge on any atom is -0.465 e. The molecule has 3 rings (SSSR count). The van der Waals surface area contributed by atoms with Crippen LogP contribution in [0.15, 0.2) is 30.3 Å². The molecule has 110 valence electrons. The SMILES string of the molecule is Nc1cc(-c2ccc(C3CN(C(=O)O)CCO3)cc2)n[nH]1. The van der Waals surface area contributed by atoms with Crippen LogP contribution in [0, 0.1) is 0 Å². The fourth-order valence-corrected chi connectivity index (χ4v) is 2.38. The second-order valence-corrected chi connectivity index (χ2v) is 4.92. The first-order chi connectivity index (χ1) is 10.1. The fraction of sp³-hybridized carbons (Fsp3) is 0.286. The van der Waals surface area contributed by atoms with Gasteiger partial charge in [0, 0.05) is 18.2 Å². The van der Waals surface area contributed by atoms with Crippen LogP contribution in [0.4, 0.5) is 10.6 Å². The van der Waals surface area contributed by atoms with Crippen LogP contribution < -0.4 is 5.73 Å². The van der Waals surface area contributed by atoms with Crippen molar-refractivity contribution in [2.45, 2.75) is 6.10 Å². The third kappa shape index (κ3) is 2.82. The smallest absolute Gasteiger partial charge is 0.407 e. The van der Waals surface area contributed by atoms with Crippen LogP contribution >= 0.6 is 0 Å². The first kappa shape index (κ1) is 13.4. The number of nitrogens with two attached hydrogens (primary N) is 1. The highest BCUT2D eigenvalue weighted by Gasteiger charge is 2.24. The number of nitrogen functional groups attached to an aromatic ring is 1. The summed E-state index contributed by atoms with van der Waals surface area (Å²) in [5.41, 5.74) is 8.28. The van der Waals surface area contributed by atoms with E-state index in [1.807, 2.05) is 24.3 Å². The molecule has 1 aliphatic heterocycles. The van der Waals surface area contributed by atoms with Crippen molar-refractivity contribution in [2.75, 3.05) is 25.4 Å². The molecule has 0 spiro atoms. The average Bonchev–Trinajstić information content (AvgIpc) is 2.94. The van der Waals surface area contributed by atoms with Gasteiger partial charge >= 0.3 is 6.09 Å². The highest BCUT2D eigenvalue weighted by Crippen LogP contribution is 2.25. The van der Waals surface area contributed by atoms with Gasteiger partial charge in [-0.3, -0.25) is 5.10 Å². The van der Waals surface area contributed by atoms with Crippen LogP contribution in [0.25, 0.3) is 11.3 Å². The summed E-state index contributed by atoms with van der Waals surface area (Å²) in [7, 11) is 0. The predicted octanol–water partition coefficient (Wildman–Crippen LogP) is 1.71. The largest absolute Gasteiger partial charge is 0.465 e. The Morgan fingerprint density at radius 2 is 2.19 bits per heavy atom. The second kappa shape index (κ2) is 5.45. The minimum atomic E-state index is -0.910. The highest BCUT2D eigenvalue weighted by molar-refractivity contribution is 5.65. The van der Waals surface area contributed by atoms with Crippen LogP contribution in [0.1, 0.15) is 11.7 Å². The molecule has 1 atom stereocenters. The Morgan fingerprint density at radius 3 is 2.81 bits per heavy atom. The number of nitrogens with one attached hydrogen (secondary N) is 1. The van der Waals surface area contributed by atoms with Gasteiger partial charge in [0.15, 0.2) is 0 Å². The van der Waals surface area contributed by atoms with Crippen molar-refractivity contribution in [1.29, 1.82) is 0 Å². The Labute approximate surface area is 121 Å². The average molecular weight is 288 g/mol. The van der Waals surface area contributed by atoms with Crippen LogP contribution in [-0.4, -0.2) is 46.0 Å². The quantitative estimate of drug-likeness (QED) is 0.780. The molecule has 1 aliphatic rings. The molecular formula is C14H16N4O3. The van der Waals surface area contributed by atoms with Crippen LogP contribution in [0.5, 0.6) is 0 Å². The number of hydrogen-bond acceptors (Lipinski definition) is 4. The summed E-state index contributed by atoms with van der Waals surface area (Å²) in [5, 5.41) is 15.8. The summed E-state index contributed by atoms with van der Waals surface area (Å²) in [6.45, 7) is 1.18. The molecular weight excluding hydrogens is 272 g/mol. The molecule has 2 aromatic rings. The first-order valence-corrected chi connectivity index (χ1v) is 6.64. The molecule has 1 fully saturated rings. The maximum atomic E-state index is 11.0. The standard InChI is InChI=1S/C14H16N4O3/c15-13-7-11(16-17-13)9-1-3-10(4-2-9)12-8-18(14(19)20)5-6-21-12/h1-4,7,12H,5-6,8H2,(H,19,20)(H3,15,16,17). The molecule has 1 unspecified atom stereocenters. The van der Waals surface area contributed by atoms with Crippen molar-refractivity contribution in [3.63, 3.8) is 0 Å². The van der Waals surface area contributed by atoms with E-state index in [2.05, 4.69) is 10.2 Å². The number of anilines is 1. The first-order valence-electron chi connectivity index (χ1n) is 6.64. The molecule has 21 heavy (non-hydrogen) atoms. The van der Waals surface area contributed by atoms with Gasteiger partial charge in [-0.15, -0.1) is 0 Å². The zero-order valence-electron chi connectivity index (χ0n) is 11.3. The van der Waals surface area contributed by atoms with E-state index < -0.39 is 6.09 Å². The molecule has 4 N–H and O–H groups in total. The monoisotopic (exact) mass is 288 g/mol. The van der Waals surface area contributed by atoms with Gasteiger partial charge in [0.05, 0.1) is 18.8 Å². The maximum absolute atomic E-state index is 11.0. The zero-order valence-corrected chi connectivity index (χ0v) is 11.3. The predicted molar refractivity (Wildman–Crippen MR) is 76.7 cm³/mol. The molecule has 0 saturated carbocycles. The third-order valence-corrected chi connectivity index (χ3v) is 3.51. The molecule has 1 aromatic heterocycles. The fourth-order valence-electron chi connectivity index (χ4n) is 2.38. The molecule has 0 bridgehead atoms. The van der Waals surface area contributed by atoms with Crippen molar-refractivity contribution < 1.29 is 14.6 Å². The van der Waals surface area contributed by atoms with Gasteiger partial charge in [-0.05, 0) is 5.56 Å². The lowest BCUT2D eigenvalue weighted by atomic mass is 10.0. The summed E-state index contributed by atoms with van der Waals surface area (Å²) in [6, 6.07) is 9.47. The number of nitrogens with zero attached hydrogens (tertiary/aromatic N) is 2. The maximum Gasteiger partial charge on any atom is 0.407 e. The summed E-state index contributed by atoms with van der Waals surface area (Å²) in [6.07, 6.45) is -1.14. The minimum absolute atomic E-state index is 0.229. The summed E-state index contributed by atoms with van der Waals surface area (Å²) in [4.78, 5) is 12.4. The van der Waals surface area contributed by atoms with E-state index in [0.29, 0.717) is 25.5 Å². The van der Waals surface area contributed by atoms with E-state index in [1.54, 1.807) is 6.07 Å². The van der Waals surface area contributed by atoms with Gasteiger partial charge < -0.3 is 20.5 Å². The van der Waals surface area contributed by atoms with Gasteiger partial charge in [-0.25, -0.2) is 4.79 Å².